The molecule has 0 saturated heterocycles. The van der Waals surface area contributed by atoms with Gasteiger partial charge in [-0.05, 0) is 17.8 Å². The van der Waals surface area contributed by atoms with E-state index in [0.29, 0.717) is 0 Å². The van der Waals surface area contributed by atoms with Gasteiger partial charge in [0.2, 0.25) is 0 Å². The molecule has 0 radical (unpaired) electrons. The number of benzene rings is 2. The minimum absolute atomic E-state index is 0.405. The van der Waals surface area contributed by atoms with Crippen molar-refractivity contribution in [2.75, 3.05) is 0 Å². The molecule has 4 heteroatoms. The highest BCUT2D eigenvalue weighted by molar-refractivity contribution is 6.81. The third kappa shape index (κ3) is 3.45. The minimum Gasteiger partial charge on any atom is -0.525 e. The summed E-state index contributed by atoms with van der Waals surface area (Å²) < 4.78 is 5.52. The second-order valence-electron chi connectivity index (χ2n) is 4.43. The van der Waals surface area contributed by atoms with Crippen molar-refractivity contribution in [1.29, 1.82) is 0 Å². The van der Waals surface area contributed by atoms with Gasteiger partial charge in [0.1, 0.15) is 0 Å². The van der Waals surface area contributed by atoms with Crippen molar-refractivity contribution >= 4 is 23.8 Å². The molecule has 0 aromatic heterocycles. The summed E-state index contributed by atoms with van der Waals surface area (Å²) in [6.45, 7) is 1.20. The van der Waals surface area contributed by atoms with Gasteiger partial charge in [0.05, 0.1) is 6.04 Å². The summed E-state index contributed by atoms with van der Waals surface area (Å²) >= 11 is 0. The maximum absolute atomic E-state index is 11.8. The quantitative estimate of drug-likeness (QED) is 0.815. The lowest BCUT2D eigenvalue weighted by Gasteiger charge is -2.16. The number of hydrogen-bond acceptors (Lipinski definition) is 3. The van der Waals surface area contributed by atoms with E-state index in [0.717, 1.165) is 10.9 Å². The molecule has 0 bridgehead atoms. The second kappa shape index (κ2) is 6.20. The van der Waals surface area contributed by atoms with Crippen molar-refractivity contribution < 1.29 is 9.45 Å². The molecule has 2 aromatic carbocycles. The van der Waals surface area contributed by atoms with E-state index in [1.54, 1.807) is 6.92 Å². The van der Waals surface area contributed by atoms with Gasteiger partial charge in [-0.2, -0.15) is 0 Å². The van der Waals surface area contributed by atoms with Crippen LogP contribution in [0.15, 0.2) is 60.7 Å². The van der Waals surface area contributed by atoms with E-state index in [4.69, 9.17) is 10.4 Å². The van der Waals surface area contributed by atoms with Gasteiger partial charge in [-0.15, -0.1) is 0 Å². The Hall–Kier alpha value is -2.07. The highest BCUT2D eigenvalue weighted by Crippen LogP contribution is 1.96. The zero-order chi connectivity index (χ0) is 13.7. The molecule has 0 heterocycles. The molecule has 96 valence electrons. The number of carbonyl (C=O) groups is 1. The van der Waals surface area contributed by atoms with Gasteiger partial charge in [-0.25, -0.2) is 0 Å². The standard InChI is InChI=1S/C15H16BNO2/c1-12(17)15(18)19-16(13-8-4-2-5-9-13)14-10-6-3-7-11-14/h2-12H,17H2,1H3/t12-/m0/s1. The van der Waals surface area contributed by atoms with Crippen LogP contribution in [0.25, 0.3) is 0 Å². The summed E-state index contributed by atoms with van der Waals surface area (Å²) in [7, 11) is 0. The topological polar surface area (TPSA) is 52.3 Å². The molecule has 3 nitrogen and oxygen atoms in total. The summed E-state index contributed by atoms with van der Waals surface area (Å²) in [5, 5.41) is 0. The van der Waals surface area contributed by atoms with E-state index >= 15 is 0 Å². The van der Waals surface area contributed by atoms with Gasteiger partial charge in [0, 0.05) is 0 Å². The van der Waals surface area contributed by atoms with E-state index in [1.165, 1.54) is 0 Å². The molecule has 1 atom stereocenters. The Morgan fingerprint density at radius 1 is 1.00 bits per heavy atom. The molecule has 0 unspecified atom stereocenters. The number of rotatable bonds is 4. The van der Waals surface area contributed by atoms with Gasteiger partial charge in [0.15, 0.2) is 0 Å². The van der Waals surface area contributed by atoms with Crippen molar-refractivity contribution in [2.45, 2.75) is 13.0 Å². The Morgan fingerprint density at radius 2 is 1.42 bits per heavy atom. The predicted molar refractivity (Wildman–Crippen MR) is 77.6 cm³/mol. The third-order valence-corrected chi connectivity index (χ3v) is 2.81. The average molecular weight is 253 g/mol. The van der Waals surface area contributed by atoms with E-state index in [2.05, 4.69) is 0 Å². The van der Waals surface area contributed by atoms with E-state index in [9.17, 15) is 4.79 Å². The molecule has 0 amide bonds. The first kappa shape index (κ1) is 13.4. The van der Waals surface area contributed by atoms with E-state index in [-0.39, 0.29) is 0 Å². The SMILES string of the molecule is C[C@H](N)C(=O)OB(c1ccccc1)c1ccccc1. The van der Waals surface area contributed by atoms with E-state index in [1.807, 2.05) is 60.7 Å². The summed E-state index contributed by atoms with van der Waals surface area (Å²) in [5.74, 6) is -0.405. The van der Waals surface area contributed by atoms with Crippen LogP contribution in [0.5, 0.6) is 0 Å². The minimum atomic E-state index is -0.630. The fourth-order valence-corrected chi connectivity index (χ4v) is 1.81. The summed E-state index contributed by atoms with van der Waals surface area (Å²) in [4.78, 5) is 11.8. The Labute approximate surface area is 113 Å². The molecule has 0 saturated carbocycles. The molecular weight excluding hydrogens is 237 g/mol. The highest BCUT2D eigenvalue weighted by Gasteiger charge is 2.26. The fourth-order valence-electron chi connectivity index (χ4n) is 1.81. The van der Waals surface area contributed by atoms with Crippen LogP contribution in [0.3, 0.4) is 0 Å². The van der Waals surface area contributed by atoms with Crippen LogP contribution in [-0.4, -0.2) is 18.9 Å². The lowest BCUT2D eigenvalue weighted by atomic mass is 9.55. The largest absolute Gasteiger partial charge is 0.525 e. The predicted octanol–water partition coefficient (Wildman–Crippen LogP) is 0.683. The average Bonchev–Trinajstić information content (AvgIpc) is 2.46. The van der Waals surface area contributed by atoms with Crippen LogP contribution in [-0.2, 0) is 9.45 Å². The Bertz CT molecular complexity index is 489. The number of nitrogens with two attached hydrogens (primary N) is 1. The lowest BCUT2D eigenvalue weighted by Crippen LogP contribution is -2.48. The molecule has 0 aliphatic heterocycles. The third-order valence-electron chi connectivity index (χ3n) is 2.81. The van der Waals surface area contributed by atoms with Crippen LogP contribution >= 0.6 is 0 Å². The molecule has 0 aliphatic rings. The molecule has 2 rings (SSSR count). The summed E-state index contributed by atoms with van der Waals surface area (Å²) in [5.41, 5.74) is 7.43. The molecule has 0 fully saturated rings. The monoisotopic (exact) mass is 253 g/mol. The molecule has 2 N–H and O–H groups in total. The highest BCUT2D eigenvalue weighted by atomic mass is 16.5. The Morgan fingerprint density at radius 3 is 1.79 bits per heavy atom. The van der Waals surface area contributed by atoms with Crippen LogP contribution < -0.4 is 16.7 Å². The van der Waals surface area contributed by atoms with Crippen LogP contribution in [0.2, 0.25) is 0 Å². The van der Waals surface area contributed by atoms with Gasteiger partial charge in [-0.3, -0.25) is 4.79 Å². The van der Waals surface area contributed by atoms with Crippen LogP contribution in [0.4, 0.5) is 0 Å². The maximum atomic E-state index is 11.8. The van der Waals surface area contributed by atoms with Crippen LogP contribution in [0.1, 0.15) is 6.92 Å². The molecule has 19 heavy (non-hydrogen) atoms. The normalized spacial score (nSPS) is 11.7. The molecule has 0 spiro atoms. The molecule has 2 aromatic rings. The summed E-state index contributed by atoms with van der Waals surface area (Å²) in [6.07, 6.45) is 0. The van der Waals surface area contributed by atoms with Gasteiger partial charge in [0.25, 0.3) is 0 Å². The Kier molecular flexibility index (Phi) is 4.37. The zero-order valence-corrected chi connectivity index (χ0v) is 10.8. The van der Waals surface area contributed by atoms with Crippen molar-refractivity contribution in [3.05, 3.63) is 60.7 Å². The first-order valence-electron chi connectivity index (χ1n) is 6.24. The smallest absolute Gasteiger partial charge is 0.429 e. The van der Waals surface area contributed by atoms with Crippen molar-refractivity contribution in [3.63, 3.8) is 0 Å². The second-order valence-corrected chi connectivity index (χ2v) is 4.43. The van der Waals surface area contributed by atoms with Gasteiger partial charge < -0.3 is 10.4 Å². The molecular formula is C15H16BNO2. The number of hydrogen-bond donors (Lipinski definition) is 1. The number of carbonyl (C=O) groups excluding carboxylic acids is 1. The first-order chi connectivity index (χ1) is 9.18. The van der Waals surface area contributed by atoms with Crippen molar-refractivity contribution in [3.8, 4) is 0 Å². The van der Waals surface area contributed by atoms with E-state index < -0.39 is 18.9 Å². The fraction of sp³-hybridized carbons (Fsp3) is 0.133. The summed E-state index contributed by atoms with van der Waals surface area (Å²) in [6, 6.07) is 18.7. The maximum Gasteiger partial charge on any atom is 0.429 e. The van der Waals surface area contributed by atoms with Gasteiger partial charge >= 0.3 is 12.9 Å². The van der Waals surface area contributed by atoms with Crippen LogP contribution in [0, 0.1) is 0 Å². The Balaban J connectivity index is 2.32. The molecule has 0 aliphatic carbocycles. The van der Waals surface area contributed by atoms with Crippen molar-refractivity contribution in [1.82, 2.24) is 0 Å². The lowest BCUT2D eigenvalue weighted by molar-refractivity contribution is -0.135. The van der Waals surface area contributed by atoms with Gasteiger partial charge in [-0.1, -0.05) is 60.7 Å². The zero-order valence-electron chi connectivity index (χ0n) is 10.8. The van der Waals surface area contributed by atoms with Crippen molar-refractivity contribution in [2.24, 2.45) is 5.73 Å². The first-order valence-corrected chi connectivity index (χ1v) is 6.24.